The van der Waals surface area contributed by atoms with E-state index in [9.17, 15) is 0 Å². The number of dihydropyridines is 1. The average Bonchev–Trinajstić information content (AvgIpc) is 3.23. The third-order valence-electron chi connectivity index (χ3n) is 10.8. The summed E-state index contributed by atoms with van der Waals surface area (Å²) in [5, 5.41) is 20.2. The van der Waals surface area contributed by atoms with Gasteiger partial charge in [0.05, 0.1) is 40.7 Å². The molecule has 0 amide bonds. The van der Waals surface area contributed by atoms with Gasteiger partial charge in [-0.3, -0.25) is 16.0 Å². The summed E-state index contributed by atoms with van der Waals surface area (Å²) in [5.41, 5.74) is 14.5. The average molecular weight is 678 g/mol. The van der Waals surface area contributed by atoms with Gasteiger partial charge in [0.1, 0.15) is 0 Å². The molecular weight excluding hydrogens is 639 g/mol. The molecule has 10 rings (SSSR count). The molecule has 5 heterocycles. The van der Waals surface area contributed by atoms with Crippen molar-refractivity contribution in [3.63, 3.8) is 0 Å². The number of aromatic nitrogens is 2. The highest BCUT2D eigenvalue weighted by atomic mass is 15.3. The molecular formula is C45H39N7. The van der Waals surface area contributed by atoms with E-state index < -0.39 is 0 Å². The lowest BCUT2D eigenvalue weighted by molar-refractivity contribution is 0.295. The first kappa shape index (κ1) is 30.9. The van der Waals surface area contributed by atoms with Crippen LogP contribution in [-0.2, 0) is 6.42 Å². The number of rotatable bonds is 5. The maximum Gasteiger partial charge on any atom is 0.0972 e. The van der Waals surface area contributed by atoms with Crippen LogP contribution >= 0.6 is 0 Å². The Morgan fingerprint density at radius 1 is 0.596 bits per heavy atom. The standard InChI is InChI=1S/C45H39N7/c1-2-4-29(5-3-1)37-21-18-33-12-13-34-19-22-38(52-44(34)43(33)51-37)30-8-6-28(7-9-30)35-14-10-31-16-20-39(49-41(31)24-35)36-15-11-32-17-23-40(50-42(32)25-36)45-47-26-46-27-48-45/h1-16,18-22,24-25,40-41,45-50H,17,23,26-27H2. The third kappa shape index (κ3) is 5.79. The van der Waals surface area contributed by atoms with Crippen LogP contribution in [0.1, 0.15) is 23.1 Å². The Bertz CT molecular complexity index is 2450. The van der Waals surface area contributed by atoms with Gasteiger partial charge in [0.2, 0.25) is 0 Å². The quantitative estimate of drug-likeness (QED) is 0.119. The third-order valence-corrected chi connectivity index (χ3v) is 10.8. The number of allylic oxidation sites excluding steroid dienone is 4. The van der Waals surface area contributed by atoms with Gasteiger partial charge in [-0.05, 0) is 65.0 Å². The van der Waals surface area contributed by atoms with Crippen molar-refractivity contribution in [1.82, 2.24) is 31.2 Å². The summed E-state index contributed by atoms with van der Waals surface area (Å²) >= 11 is 0. The first-order valence-electron chi connectivity index (χ1n) is 18.2. The SMILES string of the molecule is C1=CC2=CC=C(c3ccc4c(c3)NC(C3NCNCN3)CC4)NC2C=C1c1ccc(-c2ccc3ccc4ccc(-c5ccccc5)nc4c3n2)cc1. The first-order chi connectivity index (χ1) is 25.7. The second-order valence-corrected chi connectivity index (χ2v) is 14.0. The number of nitrogens with zero attached hydrogens (tertiary/aromatic N) is 2. The number of nitrogens with one attached hydrogen (secondary N) is 5. The molecule has 6 aromatic rings. The highest BCUT2D eigenvalue weighted by Gasteiger charge is 2.27. The van der Waals surface area contributed by atoms with E-state index in [1.165, 1.54) is 33.5 Å². The summed E-state index contributed by atoms with van der Waals surface area (Å²) in [6.07, 6.45) is 13.7. The minimum absolute atomic E-state index is 0.100. The van der Waals surface area contributed by atoms with Crippen LogP contribution in [0.15, 0.2) is 145 Å². The minimum Gasteiger partial charge on any atom is -0.379 e. The molecule has 7 nitrogen and oxygen atoms in total. The molecule has 0 saturated carbocycles. The molecule has 2 unspecified atom stereocenters. The van der Waals surface area contributed by atoms with Crippen LogP contribution in [0.3, 0.4) is 0 Å². The summed E-state index contributed by atoms with van der Waals surface area (Å²) in [5.74, 6) is 0. The Balaban J connectivity index is 0.884. The molecule has 0 bridgehead atoms. The normalized spacial score (nSPS) is 19.9. The molecule has 1 aliphatic carbocycles. The van der Waals surface area contributed by atoms with Gasteiger partial charge in [-0.1, -0.05) is 115 Å². The fraction of sp³-hybridized carbons (Fsp3) is 0.156. The van der Waals surface area contributed by atoms with Gasteiger partial charge in [-0.2, -0.15) is 0 Å². The fourth-order valence-corrected chi connectivity index (χ4v) is 7.92. The van der Waals surface area contributed by atoms with E-state index in [0.29, 0.717) is 6.04 Å². The zero-order chi connectivity index (χ0) is 34.4. The van der Waals surface area contributed by atoms with E-state index >= 15 is 0 Å². The second kappa shape index (κ2) is 13.0. The summed E-state index contributed by atoms with van der Waals surface area (Å²) in [6.45, 7) is 1.66. The Kier molecular flexibility index (Phi) is 7.75. The maximum absolute atomic E-state index is 5.17. The van der Waals surface area contributed by atoms with Crippen LogP contribution in [-0.4, -0.2) is 41.6 Å². The van der Waals surface area contributed by atoms with E-state index in [-0.39, 0.29) is 12.2 Å². The van der Waals surface area contributed by atoms with Crippen LogP contribution in [0, 0.1) is 0 Å². The minimum atomic E-state index is 0.100. The molecule has 1 fully saturated rings. The van der Waals surface area contributed by atoms with Gasteiger partial charge in [0, 0.05) is 46.6 Å². The van der Waals surface area contributed by atoms with Gasteiger partial charge >= 0.3 is 0 Å². The molecule has 4 aromatic carbocycles. The predicted octanol–water partition coefficient (Wildman–Crippen LogP) is 7.76. The lowest BCUT2D eigenvalue weighted by atomic mass is 9.89. The number of hydrogen-bond acceptors (Lipinski definition) is 7. The first-order valence-corrected chi connectivity index (χ1v) is 18.2. The largest absolute Gasteiger partial charge is 0.379 e. The zero-order valence-corrected chi connectivity index (χ0v) is 28.7. The maximum atomic E-state index is 5.17. The number of fused-ring (bicyclic) bond motifs is 5. The Morgan fingerprint density at radius 3 is 2.02 bits per heavy atom. The van der Waals surface area contributed by atoms with Crippen LogP contribution in [0.25, 0.3) is 55.6 Å². The molecule has 1 saturated heterocycles. The monoisotopic (exact) mass is 677 g/mol. The molecule has 254 valence electrons. The number of hydrogen-bond donors (Lipinski definition) is 5. The topological polar surface area (TPSA) is 85.9 Å². The van der Waals surface area contributed by atoms with Crippen molar-refractivity contribution in [2.75, 3.05) is 18.7 Å². The lowest BCUT2D eigenvalue weighted by Gasteiger charge is -2.37. The van der Waals surface area contributed by atoms with E-state index in [2.05, 4.69) is 148 Å². The van der Waals surface area contributed by atoms with E-state index in [4.69, 9.17) is 9.97 Å². The van der Waals surface area contributed by atoms with Crippen molar-refractivity contribution in [3.8, 4) is 22.5 Å². The molecule has 2 atom stereocenters. The zero-order valence-electron chi connectivity index (χ0n) is 28.7. The molecule has 0 spiro atoms. The lowest BCUT2D eigenvalue weighted by Crippen LogP contribution is -2.62. The van der Waals surface area contributed by atoms with Crippen LogP contribution in [0.2, 0.25) is 0 Å². The molecule has 0 radical (unpaired) electrons. The van der Waals surface area contributed by atoms with Crippen molar-refractivity contribution in [2.45, 2.75) is 31.1 Å². The number of anilines is 1. The smallest absolute Gasteiger partial charge is 0.0972 e. The van der Waals surface area contributed by atoms with Gasteiger partial charge in [-0.25, -0.2) is 9.97 Å². The molecule has 3 aliphatic heterocycles. The summed E-state index contributed by atoms with van der Waals surface area (Å²) < 4.78 is 0. The highest BCUT2D eigenvalue weighted by Crippen LogP contribution is 2.34. The summed E-state index contributed by atoms with van der Waals surface area (Å²) in [7, 11) is 0. The van der Waals surface area contributed by atoms with Crippen molar-refractivity contribution in [2.24, 2.45) is 0 Å². The Hall–Kier alpha value is -5.86. The molecule has 52 heavy (non-hydrogen) atoms. The fourth-order valence-electron chi connectivity index (χ4n) is 7.92. The Morgan fingerprint density at radius 2 is 1.27 bits per heavy atom. The molecule has 7 heteroatoms. The second-order valence-electron chi connectivity index (χ2n) is 14.0. The van der Waals surface area contributed by atoms with Crippen molar-refractivity contribution < 1.29 is 0 Å². The molecule has 4 aliphatic rings. The van der Waals surface area contributed by atoms with E-state index in [0.717, 1.165) is 76.2 Å². The van der Waals surface area contributed by atoms with Crippen LogP contribution in [0.5, 0.6) is 0 Å². The van der Waals surface area contributed by atoms with Crippen molar-refractivity contribution in [1.29, 1.82) is 0 Å². The Labute approximate surface area is 303 Å². The molecule has 2 aromatic heterocycles. The van der Waals surface area contributed by atoms with Gasteiger partial charge < -0.3 is 10.6 Å². The number of aryl methyl sites for hydroxylation is 1. The summed E-state index contributed by atoms with van der Waals surface area (Å²) in [4.78, 5) is 10.2. The van der Waals surface area contributed by atoms with Gasteiger partial charge in [0.25, 0.3) is 0 Å². The van der Waals surface area contributed by atoms with Crippen LogP contribution in [0.4, 0.5) is 5.69 Å². The summed E-state index contributed by atoms with van der Waals surface area (Å²) in [6, 6.07) is 39.2. The predicted molar refractivity (Wildman–Crippen MR) is 213 cm³/mol. The van der Waals surface area contributed by atoms with Crippen molar-refractivity contribution >= 4 is 38.8 Å². The van der Waals surface area contributed by atoms with Gasteiger partial charge in [0.15, 0.2) is 0 Å². The van der Waals surface area contributed by atoms with Crippen molar-refractivity contribution in [3.05, 3.63) is 162 Å². The number of benzene rings is 4. The highest BCUT2D eigenvalue weighted by molar-refractivity contribution is 6.04. The van der Waals surface area contributed by atoms with E-state index in [1.807, 2.05) is 18.2 Å². The van der Waals surface area contributed by atoms with Gasteiger partial charge in [-0.15, -0.1) is 0 Å². The van der Waals surface area contributed by atoms with E-state index in [1.54, 1.807) is 0 Å². The molecule has 5 N–H and O–H groups in total. The number of pyridine rings is 2. The van der Waals surface area contributed by atoms with Crippen LogP contribution < -0.4 is 26.6 Å².